The van der Waals surface area contributed by atoms with Crippen LogP contribution in [0, 0.1) is 0 Å². The van der Waals surface area contributed by atoms with Crippen LogP contribution in [0.4, 0.5) is 5.69 Å². The second-order valence-electron chi connectivity index (χ2n) is 5.80. The van der Waals surface area contributed by atoms with Gasteiger partial charge in [0.25, 0.3) is 5.91 Å². The molecule has 0 saturated heterocycles. The zero-order valence-electron chi connectivity index (χ0n) is 16.1. The van der Waals surface area contributed by atoms with E-state index in [1.807, 2.05) is 6.07 Å². The van der Waals surface area contributed by atoms with Crippen molar-refractivity contribution in [1.29, 1.82) is 0 Å². The van der Waals surface area contributed by atoms with Crippen molar-refractivity contribution in [3.05, 3.63) is 59.7 Å². The summed E-state index contributed by atoms with van der Waals surface area (Å²) in [6.45, 7) is 5.33. The first-order valence-electron chi connectivity index (χ1n) is 8.96. The van der Waals surface area contributed by atoms with Crippen LogP contribution < -0.4 is 10.1 Å². The second kappa shape index (κ2) is 10.1. The van der Waals surface area contributed by atoms with Crippen LogP contribution in [-0.2, 0) is 14.3 Å². The van der Waals surface area contributed by atoms with Gasteiger partial charge in [0.2, 0.25) is 0 Å². The Balaban J connectivity index is 2.21. The zero-order valence-corrected chi connectivity index (χ0v) is 16.1. The van der Waals surface area contributed by atoms with Crippen LogP contribution in [0.3, 0.4) is 0 Å². The Hall–Kier alpha value is -3.35. The highest BCUT2D eigenvalue weighted by Gasteiger charge is 2.19. The van der Waals surface area contributed by atoms with E-state index in [0.717, 1.165) is 0 Å². The lowest BCUT2D eigenvalue weighted by Gasteiger charge is -2.15. The topological polar surface area (TPSA) is 90.9 Å². The highest BCUT2D eigenvalue weighted by Crippen LogP contribution is 2.18. The van der Waals surface area contributed by atoms with E-state index in [1.165, 1.54) is 18.2 Å². The zero-order chi connectivity index (χ0) is 20.5. The van der Waals surface area contributed by atoms with Gasteiger partial charge in [0.1, 0.15) is 5.75 Å². The fourth-order valence-electron chi connectivity index (χ4n) is 2.36. The molecule has 0 bridgehead atoms. The minimum Gasteiger partial charge on any atom is -0.481 e. The van der Waals surface area contributed by atoms with Crippen molar-refractivity contribution in [2.24, 2.45) is 0 Å². The lowest BCUT2D eigenvalue weighted by Crippen LogP contribution is -2.30. The van der Waals surface area contributed by atoms with E-state index in [-0.39, 0.29) is 30.0 Å². The standard InChI is InChI=1S/C21H23NO6/c1-4-26-20(24)15-11-16(21(25)27-5-2)13-17(12-15)22-19(23)14(3)28-18-9-7-6-8-10-18/h6-14H,4-5H2,1-3H3,(H,22,23)/t14-/m1/s1. The second-order valence-corrected chi connectivity index (χ2v) is 5.80. The summed E-state index contributed by atoms with van der Waals surface area (Å²) in [4.78, 5) is 36.6. The summed E-state index contributed by atoms with van der Waals surface area (Å²) in [5, 5.41) is 2.66. The van der Waals surface area contributed by atoms with E-state index >= 15 is 0 Å². The molecule has 0 heterocycles. The van der Waals surface area contributed by atoms with Crippen LogP contribution in [0.2, 0.25) is 0 Å². The summed E-state index contributed by atoms with van der Waals surface area (Å²) in [6, 6.07) is 13.2. The average Bonchev–Trinajstić information content (AvgIpc) is 2.68. The van der Waals surface area contributed by atoms with E-state index < -0.39 is 23.9 Å². The third kappa shape index (κ3) is 5.84. The number of carbonyl (C=O) groups is 3. The van der Waals surface area contributed by atoms with Crippen molar-refractivity contribution in [3.63, 3.8) is 0 Å². The van der Waals surface area contributed by atoms with Gasteiger partial charge in [-0.15, -0.1) is 0 Å². The van der Waals surface area contributed by atoms with E-state index in [4.69, 9.17) is 14.2 Å². The minimum atomic E-state index is -0.792. The minimum absolute atomic E-state index is 0.138. The van der Waals surface area contributed by atoms with Gasteiger partial charge in [-0.2, -0.15) is 0 Å². The highest BCUT2D eigenvalue weighted by molar-refractivity contribution is 6.00. The maximum absolute atomic E-state index is 12.5. The number of ether oxygens (including phenoxy) is 3. The first-order chi connectivity index (χ1) is 13.4. The summed E-state index contributed by atoms with van der Waals surface area (Å²) in [5.41, 5.74) is 0.542. The molecule has 1 N–H and O–H groups in total. The Kier molecular flexibility index (Phi) is 7.56. The van der Waals surface area contributed by atoms with E-state index in [2.05, 4.69) is 5.32 Å². The molecule has 0 radical (unpaired) electrons. The number of benzene rings is 2. The van der Waals surface area contributed by atoms with Crippen LogP contribution in [-0.4, -0.2) is 37.2 Å². The Labute approximate surface area is 163 Å². The van der Waals surface area contributed by atoms with Gasteiger partial charge in [0.05, 0.1) is 24.3 Å². The number of para-hydroxylation sites is 1. The Morgan fingerprint density at radius 1 is 0.893 bits per heavy atom. The van der Waals surface area contributed by atoms with Gasteiger partial charge >= 0.3 is 11.9 Å². The van der Waals surface area contributed by atoms with Crippen LogP contribution in [0.25, 0.3) is 0 Å². The summed E-state index contributed by atoms with van der Waals surface area (Å²) in [6.07, 6.45) is -0.792. The van der Waals surface area contributed by atoms with Crippen molar-refractivity contribution in [3.8, 4) is 5.75 Å². The number of carbonyl (C=O) groups excluding carboxylic acids is 3. The maximum Gasteiger partial charge on any atom is 0.338 e. The molecule has 7 nitrogen and oxygen atoms in total. The molecule has 0 unspecified atom stereocenters. The third-order valence-electron chi connectivity index (χ3n) is 3.65. The van der Waals surface area contributed by atoms with Crippen LogP contribution >= 0.6 is 0 Å². The third-order valence-corrected chi connectivity index (χ3v) is 3.65. The smallest absolute Gasteiger partial charge is 0.338 e. The highest BCUT2D eigenvalue weighted by atomic mass is 16.5. The lowest BCUT2D eigenvalue weighted by molar-refractivity contribution is -0.122. The SMILES string of the molecule is CCOC(=O)c1cc(NC(=O)[C@@H](C)Oc2ccccc2)cc(C(=O)OCC)c1. The summed E-state index contributed by atoms with van der Waals surface area (Å²) in [5.74, 6) is -1.08. The molecule has 0 aliphatic carbocycles. The predicted octanol–water partition coefficient (Wildman–Crippen LogP) is 3.45. The van der Waals surface area contributed by atoms with Crippen molar-refractivity contribution < 1.29 is 28.6 Å². The molecule has 1 amide bonds. The number of amides is 1. The molecule has 2 rings (SSSR count). The molecule has 2 aromatic carbocycles. The monoisotopic (exact) mass is 385 g/mol. The number of rotatable bonds is 8. The quantitative estimate of drug-likeness (QED) is 0.700. The average molecular weight is 385 g/mol. The Bertz CT molecular complexity index is 798. The van der Waals surface area contributed by atoms with Crippen LogP contribution in [0.15, 0.2) is 48.5 Å². The molecule has 0 aromatic heterocycles. The molecule has 0 saturated carbocycles. The molecule has 28 heavy (non-hydrogen) atoms. The number of nitrogens with one attached hydrogen (secondary N) is 1. The van der Waals surface area contributed by atoms with E-state index in [1.54, 1.807) is 45.0 Å². The predicted molar refractivity (Wildman–Crippen MR) is 104 cm³/mol. The van der Waals surface area contributed by atoms with E-state index in [9.17, 15) is 14.4 Å². The summed E-state index contributed by atoms with van der Waals surface area (Å²) in [7, 11) is 0. The number of anilines is 1. The maximum atomic E-state index is 12.5. The number of esters is 2. The van der Waals surface area contributed by atoms with Gasteiger partial charge in [-0.3, -0.25) is 4.79 Å². The first kappa shape index (κ1) is 21.0. The molecule has 0 spiro atoms. The van der Waals surface area contributed by atoms with Gasteiger partial charge < -0.3 is 19.5 Å². The Morgan fingerprint density at radius 3 is 1.93 bits per heavy atom. The van der Waals surface area contributed by atoms with Crippen molar-refractivity contribution in [2.45, 2.75) is 26.9 Å². The van der Waals surface area contributed by atoms with Crippen molar-refractivity contribution >= 4 is 23.5 Å². The van der Waals surface area contributed by atoms with Gasteiger partial charge in [-0.05, 0) is 51.1 Å². The van der Waals surface area contributed by atoms with Crippen molar-refractivity contribution in [1.82, 2.24) is 0 Å². The molecular formula is C21H23NO6. The first-order valence-corrected chi connectivity index (χ1v) is 8.96. The normalized spacial score (nSPS) is 11.2. The molecule has 1 atom stereocenters. The van der Waals surface area contributed by atoms with Crippen LogP contribution in [0.5, 0.6) is 5.75 Å². The molecular weight excluding hydrogens is 362 g/mol. The summed E-state index contributed by atoms with van der Waals surface area (Å²) < 4.78 is 15.5. The molecule has 148 valence electrons. The Morgan fingerprint density at radius 2 is 1.43 bits per heavy atom. The largest absolute Gasteiger partial charge is 0.481 e. The van der Waals surface area contributed by atoms with Gasteiger partial charge in [0, 0.05) is 5.69 Å². The molecule has 0 aliphatic rings. The molecule has 2 aromatic rings. The van der Waals surface area contributed by atoms with Crippen LogP contribution in [0.1, 0.15) is 41.5 Å². The van der Waals surface area contributed by atoms with Crippen molar-refractivity contribution in [2.75, 3.05) is 18.5 Å². The lowest BCUT2D eigenvalue weighted by atomic mass is 10.1. The van der Waals surface area contributed by atoms with E-state index in [0.29, 0.717) is 5.75 Å². The molecule has 0 fully saturated rings. The van der Waals surface area contributed by atoms with Gasteiger partial charge in [0.15, 0.2) is 6.10 Å². The number of hydrogen-bond acceptors (Lipinski definition) is 6. The van der Waals surface area contributed by atoms with Gasteiger partial charge in [-0.25, -0.2) is 9.59 Å². The summed E-state index contributed by atoms with van der Waals surface area (Å²) >= 11 is 0. The molecule has 0 aliphatic heterocycles. The number of hydrogen-bond donors (Lipinski definition) is 1. The fourth-order valence-corrected chi connectivity index (χ4v) is 2.36. The fraction of sp³-hybridized carbons (Fsp3) is 0.286. The molecule has 7 heteroatoms. The van der Waals surface area contributed by atoms with Gasteiger partial charge in [-0.1, -0.05) is 18.2 Å².